The van der Waals surface area contributed by atoms with Gasteiger partial charge in [0.15, 0.2) is 20.8 Å². The molecule has 0 aliphatic carbocycles. The minimum atomic E-state index is -3.04. The molecule has 0 spiro atoms. The Morgan fingerprint density at radius 2 is 2.18 bits per heavy atom. The lowest BCUT2D eigenvalue weighted by Gasteiger charge is -2.26. The highest BCUT2D eigenvalue weighted by Crippen LogP contribution is 2.35. The molecular formula is C15H18N2O3S2. The van der Waals surface area contributed by atoms with Crippen LogP contribution in [-0.2, 0) is 9.84 Å². The zero-order chi connectivity index (χ0) is 15.9. The van der Waals surface area contributed by atoms with Crippen LogP contribution in [0.1, 0.15) is 24.2 Å². The molecule has 2 aliphatic rings. The Morgan fingerprint density at radius 1 is 1.41 bits per heavy atom. The molecule has 22 heavy (non-hydrogen) atoms. The van der Waals surface area contributed by atoms with E-state index in [0.29, 0.717) is 5.56 Å². The summed E-state index contributed by atoms with van der Waals surface area (Å²) >= 11 is 1.61. The standard InChI is InChI=1S/C15H18N2O3S2/c1-3-21-15-16-13-8-22(19,20)9-14(13)17(15)12-6-4-5-11(7-12)10(2)18/h4-7,13-14H,3,8-9H2,1-2H3/t13-,14+/m0/s1. The highest BCUT2D eigenvalue weighted by atomic mass is 32.2. The Labute approximate surface area is 134 Å². The first-order chi connectivity index (χ1) is 10.4. The van der Waals surface area contributed by atoms with Crippen molar-refractivity contribution in [3.8, 4) is 0 Å². The lowest BCUT2D eigenvalue weighted by molar-refractivity contribution is 0.101. The van der Waals surface area contributed by atoms with E-state index in [2.05, 4.69) is 4.99 Å². The quantitative estimate of drug-likeness (QED) is 0.789. The number of Topliss-reactive ketones (excluding diaryl/α,β-unsaturated/α-hetero) is 1. The van der Waals surface area contributed by atoms with E-state index in [4.69, 9.17) is 0 Å². The van der Waals surface area contributed by atoms with Crippen molar-refractivity contribution < 1.29 is 13.2 Å². The van der Waals surface area contributed by atoms with Gasteiger partial charge in [0, 0.05) is 11.3 Å². The van der Waals surface area contributed by atoms with Crippen LogP contribution in [0, 0.1) is 0 Å². The number of carbonyl (C=O) groups excluding carboxylic acids is 1. The second kappa shape index (κ2) is 5.70. The second-order valence-electron chi connectivity index (χ2n) is 5.53. The fourth-order valence-electron chi connectivity index (χ4n) is 2.94. The average Bonchev–Trinajstić information content (AvgIpc) is 2.90. The Morgan fingerprint density at radius 3 is 2.86 bits per heavy atom. The fourth-order valence-corrected chi connectivity index (χ4v) is 5.63. The minimum Gasteiger partial charge on any atom is -0.315 e. The first kappa shape index (κ1) is 15.6. The number of ketones is 1. The summed E-state index contributed by atoms with van der Waals surface area (Å²) in [6.45, 7) is 3.57. The van der Waals surface area contributed by atoms with Gasteiger partial charge >= 0.3 is 0 Å². The molecule has 1 fully saturated rings. The van der Waals surface area contributed by atoms with Gasteiger partial charge in [0.1, 0.15) is 0 Å². The Hall–Kier alpha value is -1.34. The predicted octanol–water partition coefficient (Wildman–Crippen LogP) is 1.98. The van der Waals surface area contributed by atoms with Crippen molar-refractivity contribution in [2.24, 2.45) is 4.99 Å². The maximum atomic E-state index is 11.9. The average molecular weight is 338 g/mol. The van der Waals surface area contributed by atoms with Gasteiger partial charge in [-0.15, -0.1) is 0 Å². The highest BCUT2D eigenvalue weighted by Gasteiger charge is 2.47. The van der Waals surface area contributed by atoms with E-state index >= 15 is 0 Å². The van der Waals surface area contributed by atoms with Crippen LogP contribution >= 0.6 is 11.8 Å². The van der Waals surface area contributed by atoms with Gasteiger partial charge in [0.05, 0.1) is 23.6 Å². The maximum absolute atomic E-state index is 11.9. The molecule has 0 unspecified atom stereocenters. The third-order valence-electron chi connectivity index (χ3n) is 3.91. The van der Waals surface area contributed by atoms with Crippen LogP contribution < -0.4 is 4.90 Å². The number of benzene rings is 1. The summed E-state index contributed by atoms with van der Waals surface area (Å²) in [6.07, 6.45) is 0. The number of rotatable bonds is 3. The minimum absolute atomic E-state index is 0.00160. The smallest absolute Gasteiger partial charge is 0.164 e. The molecular weight excluding hydrogens is 320 g/mol. The van der Waals surface area contributed by atoms with Crippen LogP contribution in [0.3, 0.4) is 0 Å². The SMILES string of the molecule is CCSC1=N[C@H]2CS(=O)(=O)C[C@H]2N1c1cccc(C(C)=O)c1. The lowest BCUT2D eigenvalue weighted by atomic mass is 10.1. The number of sulfone groups is 1. The monoisotopic (exact) mass is 338 g/mol. The Balaban J connectivity index is 2.01. The molecule has 1 aromatic carbocycles. The summed E-state index contributed by atoms with van der Waals surface area (Å²) in [4.78, 5) is 18.2. The van der Waals surface area contributed by atoms with Crippen molar-refractivity contribution in [3.63, 3.8) is 0 Å². The molecule has 1 aromatic rings. The summed E-state index contributed by atoms with van der Waals surface area (Å²) in [5.74, 6) is 1.11. The van der Waals surface area contributed by atoms with Crippen LogP contribution in [0.25, 0.3) is 0 Å². The van der Waals surface area contributed by atoms with E-state index in [9.17, 15) is 13.2 Å². The maximum Gasteiger partial charge on any atom is 0.164 e. The molecule has 2 heterocycles. The number of hydrogen-bond acceptors (Lipinski definition) is 6. The first-order valence-corrected chi connectivity index (χ1v) is 10.0. The number of carbonyl (C=O) groups is 1. The molecule has 0 saturated carbocycles. The summed E-state index contributed by atoms with van der Waals surface area (Å²) in [5.41, 5.74) is 1.47. The molecule has 0 bridgehead atoms. The molecule has 118 valence electrons. The van der Waals surface area contributed by atoms with Gasteiger partial charge in [-0.05, 0) is 24.8 Å². The van der Waals surface area contributed by atoms with Crippen molar-refractivity contribution in [2.45, 2.75) is 25.9 Å². The van der Waals surface area contributed by atoms with Crippen LogP contribution in [0.15, 0.2) is 29.3 Å². The molecule has 0 radical (unpaired) electrons. The van der Waals surface area contributed by atoms with Crippen molar-refractivity contribution in [1.29, 1.82) is 0 Å². The molecule has 1 saturated heterocycles. The topological polar surface area (TPSA) is 66.8 Å². The van der Waals surface area contributed by atoms with E-state index in [1.165, 1.54) is 6.92 Å². The third-order valence-corrected chi connectivity index (χ3v) is 6.46. The van der Waals surface area contributed by atoms with E-state index in [1.54, 1.807) is 17.8 Å². The molecule has 0 amide bonds. The van der Waals surface area contributed by atoms with Crippen molar-refractivity contribution in [3.05, 3.63) is 29.8 Å². The van der Waals surface area contributed by atoms with Gasteiger partial charge in [-0.2, -0.15) is 0 Å². The second-order valence-corrected chi connectivity index (χ2v) is 8.92. The van der Waals surface area contributed by atoms with Crippen molar-refractivity contribution >= 4 is 38.2 Å². The lowest BCUT2D eigenvalue weighted by Crippen LogP contribution is -2.39. The number of amidine groups is 1. The van der Waals surface area contributed by atoms with Gasteiger partial charge in [-0.3, -0.25) is 9.79 Å². The van der Waals surface area contributed by atoms with Gasteiger partial charge in [0.25, 0.3) is 0 Å². The number of fused-ring (bicyclic) bond motifs is 1. The van der Waals surface area contributed by atoms with E-state index in [1.807, 2.05) is 30.0 Å². The Kier molecular flexibility index (Phi) is 4.03. The predicted molar refractivity (Wildman–Crippen MR) is 90.7 cm³/mol. The number of anilines is 1. The molecule has 2 aliphatic heterocycles. The van der Waals surface area contributed by atoms with Crippen molar-refractivity contribution in [2.75, 3.05) is 22.2 Å². The van der Waals surface area contributed by atoms with Gasteiger partial charge < -0.3 is 4.90 Å². The van der Waals surface area contributed by atoms with Gasteiger partial charge in [-0.25, -0.2) is 8.42 Å². The molecule has 2 atom stereocenters. The fraction of sp³-hybridized carbons (Fsp3) is 0.467. The summed E-state index contributed by atoms with van der Waals surface area (Å²) < 4.78 is 23.8. The van der Waals surface area contributed by atoms with Crippen molar-refractivity contribution in [1.82, 2.24) is 0 Å². The summed E-state index contributed by atoms with van der Waals surface area (Å²) in [6, 6.07) is 6.99. The van der Waals surface area contributed by atoms with Crippen LogP contribution in [0.5, 0.6) is 0 Å². The first-order valence-electron chi connectivity index (χ1n) is 7.22. The van der Waals surface area contributed by atoms with Crippen LogP contribution in [0.2, 0.25) is 0 Å². The normalized spacial score (nSPS) is 25.9. The number of aliphatic imine (C=N–C) groups is 1. The van der Waals surface area contributed by atoms with Gasteiger partial charge in [0.2, 0.25) is 0 Å². The van der Waals surface area contributed by atoms with E-state index < -0.39 is 9.84 Å². The summed E-state index contributed by atoms with van der Waals surface area (Å²) in [7, 11) is -3.04. The van der Waals surface area contributed by atoms with Gasteiger partial charge in [-0.1, -0.05) is 30.8 Å². The largest absolute Gasteiger partial charge is 0.315 e. The molecule has 0 N–H and O–H groups in total. The number of nitrogens with zero attached hydrogens (tertiary/aromatic N) is 2. The molecule has 0 aromatic heterocycles. The zero-order valence-corrected chi connectivity index (χ0v) is 14.2. The highest BCUT2D eigenvalue weighted by molar-refractivity contribution is 8.14. The van der Waals surface area contributed by atoms with E-state index in [0.717, 1.165) is 16.6 Å². The number of thioether (sulfide) groups is 1. The Bertz CT molecular complexity index is 743. The molecule has 5 nitrogen and oxygen atoms in total. The van der Waals surface area contributed by atoms with E-state index in [-0.39, 0.29) is 29.4 Å². The zero-order valence-electron chi connectivity index (χ0n) is 12.5. The number of hydrogen-bond donors (Lipinski definition) is 0. The third kappa shape index (κ3) is 2.79. The van der Waals surface area contributed by atoms with Crippen LogP contribution in [-0.4, -0.2) is 48.7 Å². The summed E-state index contributed by atoms with van der Waals surface area (Å²) in [5, 5.41) is 0.855. The van der Waals surface area contributed by atoms with Crippen LogP contribution in [0.4, 0.5) is 5.69 Å². The molecule has 7 heteroatoms. The molecule has 3 rings (SSSR count).